The van der Waals surface area contributed by atoms with Crippen LogP contribution in [-0.2, 0) is 24.8 Å². The molecular formula is C13H17ClN2O5S2. The maximum atomic E-state index is 12.6. The summed E-state index contributed by atoms with van der Waals surface area (Å²) < 4.78 is 54.7. The zero-order valence-electron chi connectivity index (χ0n) is 12.6. The van der Waals surface area contributed by atoms with Crippen molar-refractivity contribution in [1.29, 1.82) is 0 Å². The summed E-state index contributed by atoms with van der Waals surface area (Å²) in [5, 5.41) is 4.92. The van der Waals surface area contributed by atoms with Gasteiger partial charge >= 0.3 is 0 Å². The number of hydrogen-bond acceptors (Lipinski definition) is 5. The number of hydrogen-bond donors (Lipinski definition) is 1. The van der Waals surface area contributed by atoms with Crippen LogP contribution in [0, 0.1) is 0 Å². The number of halogens is 1. The van der Waals surface area contributed by atoms with E-state index in [1.807, 2.05) is 6.08 Å². The van der Waals surface area contributed by atoms with Crippen LogP contribution >= 0.6 is 11.6 Å². The maximum absolute atomic E-state index is 12.6. The van der Waals surface area contributed by atoms with E-state index in [1.165, 1.54) is 25.4 Å². The van der Waals surface area contributed by atoms with Crippen LogP contribution in [0.3, 0.4) is 0 Å². The molecule has 2 N–H and O–H groups in total. The molecule has 0 saturated heterocycles. The third-order valence-electron chi connectivity index (χ3n) is 3.47. The predicted octanol–water partition coefficient (Wildman–Crippen LogP) is 1.30. The Kier molecular flexibility index (Phi) is 4.80. The highest BCUT2D eigenvalue weighted by molar-refractivity contribution is 7.90. The number of benzene rings is 1. The molecular weight excluding hydrogens is 364 g/mol. The first kappa shape index (κ1) is 18.2. The maximum Gasteiger partial charge on any atom is 0.242 e. The van der Waals surface area contributed by atoms with Crippen LogP contribution in [0.5, 0.6) is 0 Å². The first-order valence-electron chi connectivity index (χ1n) is 6.57. The normalized spacial score (nSPS) is 21.6. The lowest BCUT2D eigenvalue weighted by Gasteiger charge is -2.29. The fourth-order valence-corrected chi connectivity index (χ4v) is 4.71. The quantitative estimate of drug-likeness (QED) is 0.828. The minimum Gasteiger partial charge on any atom is -0.494 e. The Labute approximate surface area is 140 Å². The van der Waals surface area contributed by atoms with Crippen molar-refractivity contribution in [3.05, 3.63) is 35.6 Å². The zero-order chi connectivity index (χ0) is 17.5. The lowest BCUT2D eigenvalue weighted by Crippen LogP contribution is -2.41. The summed E-state index contributed by atoms with van der Waals surface area (Å²) in [6, 6.07) is 3.38. The molecule has 7 nitrogen and oxygen atoms in total. The number of nitrogens with zero attached hydrogens (tertiary/aromatic N) is 1. The van der Waals surface area contributed by atoms with E-state index in [-0.39, 0.29) is 16.5 Å². The minimum absolute atomic E-state index is 0.107. The average Bonchev–Trinajstić information content (AvgIpc) is 2.84. The number of primary sulfonamides is 1. The van der Waals surface area contributed by atoms with E-state index < -0.39 is 30.5 Å². The minimum atomic E-state index is -4.13. The van der Waals surface area contributed by atoms with Crippen molar-refractivity contribution in [3.8, 4) is 0 Å². The van der Waals surface area contributed by atoms with Gasteiger partial charge in [0.15, 0.2) is 0 Å². The van der Waals surface area contributed by atoms with Crippen molar-refractivity contribution in [2.24, 2.45) is 5.14 Å². The second kappa shape index (κ2) is 6.06. The summed E-state index contributed by atoms with van der Waals surface area (Å²) in [4.78, 5) is -0.637. The molecule has 0 spiro atoms. The Bertz CT molecular complexity index is 841. The van der Waals surface area contributed by atoms with Crippen molar-refractivity contribution < 1.29 is 21.6 Å². The molecule has 0 saturated carbocycles. The number of nitrogens with two attached hydrogens (primary N) is 1. The second-order valence-corrected chi connectivity index (χ2v) is 9.52. The van der Waals surface area contributed by atoms with Gasteiger partial charge in [0.2, 0.25) is 20.0 Å². The van der Waals surface area contributed by atoms with Crippen molar-refractivity contribution in [2.75, 3.05) is 13.6 Å². The van der Waals surface area contributed by atoms with Crippen molar-refractivity contribution >= 4 is 31.6 Å². The van der Waals surface area contributed by atoms with Crippen molar-refractivity contribution in [3.63, 3.8) is 0 Å². The van der Waals surface area contributed by atoms with E-state index in [4.69, 9.17) is 21.5 Å². The lowest BCUT2D eigenvalue weighted by atomic mass is 10.0. The molecule has 0 radical (unpaired) electrons. The molecule has 1 aromatic rings. The van der Waals surface area contributed by atoms with Gasteiger partial charge in [-0.2, -0.15) is 4.31 Å². The molecule has 128 valence electrons. The standard InChI is InChI=1S/C13H17ClN2O5S2/c1-13(6-3-7-21-13)9-16(2)23(19,20)10-4-5-11(14)12(8-10)22(15,17)18/h3-5,7-8H,6,9H2,1-2H3,(H2,15,17,18). The van der Waals surface area contributed by atoms with Gasteiger partial charge in [-0.15, -0.1) is 0 Å². The molecule has 1 aliphatic heterocycles. The fraction of sp³-hybridized carbons (Fsp3) is 0.385. The Balaban J connectivity index is 2.36. The van der Waals surface area contributed by atoms with E-state index >= 15 is 0 Å². The van der Waals surface area contributed by atoms with E-state index in [9.17, 15) is 16.8 Å². The summed E-state index contributed by atoms with van der Waals surface area (Å²) in [5.74, 6) is 0. The van der Waals surface area contributed by atoms with Crippen LogP contribution in [0.1, 0.15) is 13.3 Å². The van der Waals surface area contributed by atoms with Gasteiger partial charge in [-0.1, -0.05) is 11.6 Å². The molecule has 0 amide bonds. The average molecular weight is 381 g/mol. The van der Waals surface area contributed by atoms with Crippen LogP contribution in [-0.4, -0.2) is 40.3 Å². The molecule has 2 rings (SSSR count). The van der Waals surface area contributed by atoms with Crippen LogP contribution in [0.4, 0.5) is 0 Å². The predicted molar refractivity (Wildman–Crippen MR) is 85.9 cm³/mol. The highest BCUT2D eigenvalue weighted by atomic mass is 35.5. The van der Waals surface area contributed by atoms with Crippen LogP contribution in [0.2, 0.25) is 5.02 Å². The summed E-state index contributed by atoms with van der Waals surface area (Å²) in [5.41, 5.74) is -0.656. The molecule has 1 aliphatic rings. The Morgan fingerprint density at radius 1 is 1.35 bits per heavy atom. The molecule has 0 fully saturated rings. The molecule has 1 atom stereocenters. The Morgan fingerprint density at radius 3 is 2.52 bits per heavy atom. The van der Waals surface area contributed by atoms with Crippen molar-refractivity contribution in [1.82, 2.24) is 4.31 Å². The molecule has 1 aromatic carbocycles. The molecule has 1 heterocycles. The number of sulfonamides is 2. The summed E-state index contributed by atoms with van der Waals surface area (Å²) in [6.07, 6.45) is 3.92. The molecule has 1 unspecified atom stereocenters. The summed E-state index contributed by atoms with van der Waals surface area (Å²) in [6.45, 7) is 1.90. The summed E-state index contributed by atoms with van der Waals surface area (Å²) >= 11 is 5.77. The van der Waals surface area contributed by atoms with Gasteiger partial charge in [0.05, 0.1) is 22.7 Å². The zero-order valence-corrected chi connectivity index (χ0v) is 15.0. The van der Waals surface area contributed by atoms with Crippen LogP contribution in [0.25, 0.3) is 0 Å². The highest BCUT2D eigenvalue weighted by Gasteiger charge is 2.34. The van der Waals surface area contributed by atoms with E-state index in [2.05, 4.69) is 0 Å². The van der Waals surface area contributed by atoms with E-state index in [0.717, 1.165) is 10.4 Å². The van der Waals surface area contributed by atoms with Gasteiger partial charge in [0.25, 0.3) is 0 Å². The van der Waals surface area contributed by atoms with Gasteiger partial charge in [0.1, 0.15) is 10.5 Å². The SMILES string of the molecule is CN(CC1(C)CC=CO1)S(=O)(=O)c1ccc(Cl)c(S(N)(=O)=O)c1. The smallest absolute Gasteiger partial charge is 0.242 e. The first-order chi connectivity index (χ1) is 10.5. The molecule has 0 bridgehead atoms. The first-order valence-corrected chi connectivity index (χ1v) is 9.94. The number of rotatable bonds is 5. The largest absolute Gasteiger partial charge is 0.494 e. The number of ether oxygens (including phenoxy) is 1. The van der Waals surface area contributed by atoms with Gasteiger partial charge < -0.3 is 4.74 Å². The van der Waals surface area contributed by atoms with Crippen LogP contribution in [0.15, 0.2) is 40.3 Å². The van der Waals surface area contributed by atoms with Crippen molar-refractivity contribution in [2.45, 2.75) is 28.7 Å². The molecule has 23 heavy (non-hydrogen) atoms. The third kappa shape index (κ3) is 3.86. The molecule has 10 heteroatoms. The van der Waals surface area contributed by atoms with E-state index in [0.29, 0.717) is 6.42 Å². The van der Waals surface area contributed by atoms with Gasteiger partial charge in [0, 0.05) is 13.5 Å². The molecule has 0 aromatic heterocycles. The lowest BCUT2D eigenvalue weighted by molar-refractivity contribution is 0.0488. The highest BCUT2D eigenvalue weighted by Crippen LogP contribution is 2.28. The fourth-order valence-electron chi connectivity index (χ4n) is 2.26. The van der Waals surface area contributed by atoms with Crippen LogP contribution < -0.4 is 5.14 Å². The topological polar surface area (TPSA) is 107 Å². The van der Waals surface area contributed by atoms with E-state index in [1.54, 1.807) is 6.92 Å². The Hall–Kier alpha value is -1.13. The van der Waals surface area contributed by atoms with Gasteiger partial charge in [-0.05, 0) is 31.2 Å². The Morgan fingerprint density at radius 2 is 2.00 bits per heavy atom. The summed E-state index contributed by atoms with van der Waals surface area (Å²) in [7, 11) is -6.65. The van der Waals surface area contributed by atoms with Gasteiger partial charge in [-0.3, -0.25) is 0 Å². The second-order valence-electron chi connectivity index (χ2n) is 5.54. The monoisotopic (exact) mass is 380 g/mol. The number of likely N-dealkylation sites (N-methyl/N-ethyl adjacent to an activating group) is 1. The van der Waals surface area contributed by atoms with Gasteiger partial charge in [-0.25, -0.2) is 22.0 Å². The molecule has 0 aliphatic carbocycles. The third-order valence-corrected chi connectivity index (χ3v) is 6.66.